The number of hydrogen-bond acceptors (Lipinski definition) is 3. The highest BCUT2D eigenvalue weighted by Gasteiger charge is 2.47. The van der Waals surface area contributed by atoms with Crippen LogP contribution in [0.3, 0.4) is 0 Å². The molecule has 1 saturated carbocycles. The van der Waals surface area contributed by atoms with E-state index in [4.69, 9.17) is 4.74 Å². The van der Waals surface area contributed by atoms with Gasteiger partial charge in [0.15, 0.2) is 0 Å². The van der Waals surface area contributed by atoms with Gasteiger partial charge in [-0.25, -0.2) is 0 Å². The van der Waals surface area contributed by atoms with Crippen LogP contribution < -0.4 is 5.32 Å². The van der Waals surface area contributed by atoms with Crippen LogP contribution >= 0.6 is 0 Å². The molecule has 3 nitrogen and oxygen atoms in total. The van der Waals surface area contributed by atoms with Gasteiger partial charge in [0.1, 0.15) is 0 Å². The van der Waals surface area contributed by atoms with Crippen molar-refractivity contribution in [3.63, 3.8) is 0 Å². The van der Waals surface area contributed by atoms with E-state index in [0.717, 1.165) is 38.9 Å². The summed E-state index contributed by atoms with van der Waals surface area (Å²) >= 11 is 0. The summed E-state index contributed by atoms with van der Waals surface area (Å²) < 4.78 is 5.38. The fraction of sp³-hybridized carbons (Fsp3) is 0.917. The predicted octanol–water partition coefficient (Wildman–Crippen LogP) is 1.69. The van der Waals surface area contributed by atoms with E-state index in [0.29, 0.717) is 12.0 Å². The Kier molecular flexibility index (Phi) is 3.28. The number of nitrogens with zero attached hydrogens (tertiary/aromatic N) is 1. The maximum atomic E-state index is 9.35. The second-order valence-electron chi connectivity index (χ2n) is 4.84. The van der Waals surface area contributed by atoms with Crippen molar-refractivity contribution in [2.24, 2.45) is 11.3 Å². The van der Waals surface area contributed by atoms with E-state index in [1.54, 1.807) is 0 Å². The Hall–Kier alpha value is -0.590. The zero-order chi connectivity index (χ0) is 10.7. The van der Waals surface area contributed by atoms with Crippen LogP contribution in [0.5, 0.6) is 0 Å². The SMILES string of the molecule is CNC(C1CCOCC1)C1(C#N)CCC1. The lowest BCUT2D eigenvalue weighted by Crippen LogP contribution is -2.52. The molecule has 1 unspecified atom stereocenters. The summed E-state index contributed by atoms with van der Waals surface area (Å²) in [5.74, 6) is 0.628. The maximum absolute atomic E-state index is 9.35. The van der Waals surface area contributed by atoms with Gasteiger partial charge < -0.3 is 10.1 Å². The zero-order valence-corrected chi connectivity index (χ0v) is 9.46. The normalized spacial score (nSPS) is 27.7. The van der Waals surface area contributed by atoms with Gasteiger partial charge in [0.25, 0.3) is 0 Å². The molecule has 0 aromatic rings. The van der Waals surface area contributed by atoms with Crippen LogP contribution in [-0.4, -0.2) is 26.3 Å². The minimum absolute atomic E-state index is 0.0727. The first kappa shape index (κ1) is 10.9. The van der Waals surface area contributed by atoms with Gasteiger partial charge >= 0.3 is 0 Å². The molecular weight excluding hydrogens is 188 g/mol. The van der Waals surface area contributed by atoms with E-state index >= 15 is 0 Å². The zero-order valence-electron chi connectivity index (χ0n) is 9.46. The highest BCUT2D eigenvalue weighted by Crippen LogP contribution is 2.46. The monoisotopic (exact) mass is 208 g/mol. The molecule has 0 bridgehead atoms. The minimum atomic E-state index is -0.0727. The van der Waals surface area contributed by atoms with Crippen molar-refractivity contribution < 1.29 is 4.74 Å². The molecule has 2 fully saturated rings. The molecule has 15 heavy (non-hydrogen) atoms. The molecule has 2 aliphatic rings. The molecule has 0 spiro atoms. The second-order valence-corrected chi connectivity index (χ2v) is 4.84. The van der Waals surface area contributed by atoms with Gasteiger partial charge in [0.05, 0.1) is 11.5 Å². The van der Waals surface area contributed by atoms with E-state index in [1.807, 2.05) is 7.05 Å². The molecule has 0 aromatic carbocycles. The Bertz CT molecular complexity index is 249. The maximum Gasteiger partial charge on any atom is 0.0729 e. The van der Waals surface area contributed by atoms with Crippen molar-refractivity contribution in [1.29, 1.82) is 5.26 Å². The molecule has 1 heterocycles. The molecular formula is C12H20N2O. The summed E-state index contributed by atoms with van der Waals surface area (Å²) in [6, 6.07) is 2.94. The van der Waals surface area contributed by atoms with E-state index < -0.39 is 0 Å². The van der Waals surface area contributed by atoms with E-state index in [-0.39, 0.29) is 5.41 Å². The lowest BCUT2D eigenvalue weighted by Gasteiger charge is -2.46. The van der Waals surface area contributed by atoms with Crippen molar-refractivity contribution in [3.8, 4) is 6.07 Å². The molecule has 0 radical (unpaired) electrons. The van der Waals surface area contributed by atoms with Gasteiger partial charge in [0, 0.05) is 19.3 Å². The van der Waals surface area contributed by atoms with E-state index in [9.17, 15) is 5.26 Å². The lowest BCUT2D eigenvalue weighted by atomic mass is 9.61. The third-order valence-corrected chi connectivity index (χ3v) is 4.11. The summed E-state index contributed by atoms with van der Waals surface area (Å²) in [7, 11) is 2.00. The van der Waals surface area contributed by atoms with E-state index in [1.165, 1.54) is 6.42 Å². The van der Waals surface area contributed by atoms with Crippen LogP contribution in [0.4, 0.5) is 0 Å². The Labute approximate surface area is 91.8 Å². The first-order chi connectivity index (χ1) is 7.32. The van der Waals surface area contributed by atoms with Crippen molar-refractivity contribution in [1.82, 2.24) is 5.32 Å². The van der Waals surface area contributed by atoms with Gasteiger partial charge in [0.2, 0.25) is 0 Å². The van der Waals surface area contributed by atoms with Crippen molar-refractivity contribution in [2.45, 2.75) is 38.1 Å². The van der Waals surface area contributed by atoms with E-state index in [2.05, 4.69) is 11.4 Å². The summed E-state index contributed by atoms with van der Waals surface area (Å²) in [5, 5.41) is 12.7. The predicted molar refractivity (Wildman–Crippen MR) is 58.3 cm³/mol. The van der Waals surface area contributed by atoms with Crippen molar-refractivity contribution in [2.75, 3.05) is 20.3 Å². The quantitative estimate of drug-likeness (QED) is 0.767. The largest absolute Gasteiger partial charge is 0.381 e. The number of nitriles is 1. The molecule has 1 atom stereocenters. The average molecular weight is 208 g/mol. The number of rotatable bonds is 3. The molecule has 2 rings (SSSR count). The van der Waals surface area contributed by atoms with Gasteiger partial charge in [-0.15, -0.1) is 0 Å². The molecule has 1 saturated heterocycles. The molecule has 0 aromatic heterocycles. The molecule has 0 amide bonds. The average Bonchev–Trinajstić information content (AvgIpc) is 2.24. The van der Waals surface area contributed by atoms with Gasteiger partial charge in [-0.2, -0.15) is 5.26 Å². The van der Waals surface area contributed by atoms with Gasteiger partial charge in [-0.3, -0.25) is 0 Å². The number of nitrogens with one attached hydrogen (secondary N) is 1. The Morgan fingerprint density at radius 3 is 2.47 bits per heavy atom. The molecule has 1 aliphatic carbocycles. The van der Waals surface area contributed by atoms with Gasteiger partial charge in [-0.05, 0) is 38.6 Å². The molecule has 1 aliphatic heterocycles. The second kappa shape index (κ2) is 4.51. The highest BCUT2D eigenvalue weighted by atomic mass is 16.5. The summed E-state index contributed by atoms with van der Waals surface area (Å²) in [5.41, 5.74) is -0.0727. The van der Waals surface area contributed by atoms with Crippen LogP contribution in [0.25, 0.3) is 0 Å². The first-order valence-electron chi connectivity index (χ1n) is 5.99. The summed E-state index contributed by atoms with van der Waals surface area (Å²) in [4.78, 5) is 0. The van der Waals surface area contributed by atoms with Crippen LogP contribution in [0, 0.1) is 22.7 Å². The lowest BCUT2D eigenvalue weighted by molar-refractivity contribution is 0.0190. The number of ether oxygens (including phenoxy) is 1. The van der Waals surface area contributed by atoms with Crippen LogP contribution in [-0.2, 0) is 4.74 Å². The fourth-order valence-electron chi connectivity index (χ4n) is 3.06. The Morgan fingerprint density at radius 1 is 1.40 bits per heavy atom. The Balaban J connectivity index is 2.05. The standard InChI is InChI=1S/C12H20N2O/c1-14-11(10-3-7-15-8-4-10)12(9-13)5-2-6-12/h10-11,14H,2-8H2,1H3. The van der Waals surface area contributed by atoms with Crippen LogP contribution in [0.1, 0.15) is 32.1 Å². The highest BCUT2D eigenvalue weighted by molar-refractivity contribution is 5.12. The molecule has 84 valence electrons. The molecule has 3 heteroatoms. The summed E-state index contributed by atoms with van der Waals surface area (Å²) in [6.45, 7) is 1.73. The minimum Gasteiger partial charge on any atom is -0.381 e. The summed E-state index contributed by atoms with van der Waals surface area (Å²) in [6.07, 6.45) is 5.58. The third-order valence-electron chi connectivity index (χ3n) is 4.11. The van der Waals surface area contributed by atoms with Crippen LogP contribution in [0.15, 0.2) is 0 Å². The smallest absolute Gasteiger partial charge is 0.0729 e. The Morgan fingerprint density at radius 2 is 2.07 bits per heavy atom. The van der Waals surface area contributed by atoms with Gasteiger partial charge in [-0.1, -0.05) is 6.42 Å². The fourth-order valence-corrected chi connectivity index (χ4v) is 3.06. The topological polar surface area (TPSA) is 45.0 Å². The third kappa shape index (κ3) is 1.89. The van der Waals surface area contributed by atoms with Crippen LogP contribution in [0.2, 0.25) is 0 Å². The van der Waals surface area contributed by atoms with Crippen molar-refractivity contribution in [3.05, 3.63) is 0 Å². The number of hydrogen-bond donors (Lipinski definition) is 1. The molecule has 1 N–H and O–H groups in total. The van der Waals surface area contributed by atoms with Crippen molar-refractivity contribution >= 4 is 0 Å². The first-order valence-corrected chi connectivity index (χ1v) is 5.99.